The van der Waals surface area contributed by atoms with Crippen LogP contribution in [0.1, 0.15) is 17.4 Å². The summed E-state index contributed by atoms with van der Waals surface area (Å²) in [5, 5.41) is 13.8. The number of aryl methyl sites for hydroxylation is 1. The molecule has 21 heavy (non-hydrogen) atoms. The first-order valence-corrected chi connectivity index (χ1v) is 8.05. The van der Waals surface area contributed by atoms with Crippen LogP contribution in [0.5, 0.6) is 0 Å². The maximum absolute atomic E-state index is 12.1. The van der Waals surface area contributed by atoms with Gasteiger partial charge in [-0.25, -0.2) is 0 Å². The molecule has 0 spiro atoms. The molecule has 1 aromatic heterocycles. The average molecular weight is 361 g/mol. The molecule has 0 saturated heterocycles. The van der Waals surface area contributed by atoms with Gasteiger partial charge in [0.1, 0.15) is 11.6 Å². The van der Waals surface area contributed by atoms with E-state index in [2.05, 4.69) is 28.2 Å². The zero-order chi connectivity index (χ0) is 15.2. The molecule has 0 atom stereocenters. The second kappa shape index (κ2) is 7.21. The fourth-order valence-electron chi connectivity index (χ4n) is 1.72. The molecule has 0 aliphatic carbocycles. The minimum absolute atomic E-state index is 0.0870. The van der Waals surface area contributed by atoms with E-state index in [0.717, 1.165) is 15.8 Å². The fourth-order valence-corrected chi connectivity index (χ4v) is 3.09. The number of nitrogens with zero attached hydrogens (tertiary/aromatic N) is 1. The smallest absolute Gasteiger partial charge is 0.266 e. The van der Waals surface area contributed by atoms with Gasteiger partial charge in [-0.15, -0.1) is 11.3 Å². The summed E-state index contributed by atoms with van der Waals surface area (Å²) in [6.45, 7) is 2.07. The molecule has 0 radical (unpaired) electrons. The zero-order valence-electron chi connectivity index (χ0n) is 11.4. The van der Waals surface area contributed by atoms with E-state index in [1.54, 1.807) is 6.08 Å². The van der Waals surface area contributed by atoms with Gasteiger partial charge in [-0.05, 0) is 52.2 Å². The van der Waals surface area contributed by atoms with Gasteiger partial charge in [-0.2, -0.15) is 5.26 Å². The summed E-state index contributed by atoms with van der Waals surface area (Å²) < 4.78 is 0.937. The van der Waals surface area contributed by atoms with Crippen LogP contribution in [0.2, 0.25) is 0 Å². The van der Waals surface area contributed by atoms with E-state index < -0.39 is 5.91 Å². The molecule has 5 heteroatoms. The lowest BCUT2D eigenvalue weighted by Gasteiger charge is -2.05. The van der Waals surface area contributed by atoms with E-state index in [4.69, 9.17) is 5.26 Å². The highest BCUT2D eigenvalue weighted by Gasteiger charge is 2.10. The molecule has 2 aromatic rings. The van der Waals surface area contributed by atoms with Crippen LogP contribution in [-0.4, -0.2) is 5.91 Å². The Balaban J connectivity index is 2.13. The molecule has 0 bridgehead atoms. The first-order valence-electron chi connectivity index (χ1n) is 6.38. The van der Waals surface area contributed by atoms with E-state index in [9.17, 15) is 4.79 Å². The molecule has 0 aliphatic heterocycles. The van der Waals surface area contributed by atoms with Crippen molar-refractivity contribution in [1.82, 2.24) is 0 Å². The third kappa shape index (κ3) is 4.28. The van der Waals surface area contributed by atoms with Crippen molar-refractivity contribution in [2.75, 3.05) is 5.32 Å². The topological polar surface area (TPSA) is 52.9 Å². The van der Waals surface area contributed by atoms with Crippen LogP contribution < -0.4 is 5.32 Å². The lowest BCUT2D eigenvalue weighted by atomic mass is 10.1. The van der Waals surface area contributed by atoms with Gasteiger partial charge in [0.15, 0.2) is 0 Å². The lowest BCUT2D eigenvalue weighted by molar-refractivity contribution is -0.112. The minimum Gasteiger partial charge on any atom is -0.321 e. The number of halogens is 1. The van der Waals surface area contributed by atoms with Crippen molar-refractivity contribution in [3.05, 3.63) is 56.2 Å². The van der Waals surface area contributed by atoms with Crippen LogP contribution in [0.3, 0.4) is 0 Å². The molecule has 0 saturated carbocycles. The predicted molar refractivity (Wildman–Crippen MR) is 90.1 cm³/mol. The number of benzene rings is 1. The third-order valence-corrected chi connectivity index (χ3v) is 4.50. The van der Waals surface area contributed by atoms with Gasteiger partial charge in [0.25, 0.3) is 5.91 Å². The van der Waals surface area contributed by atoms with Gasteiger partial charge in [0.05, 0.1) is 0 Å². The summed E-state index contributed by atoms with van der Waals surface area (Å²) in [4.78, 5) is 13.0. The van der Waals surface area contributed by atoms with Crippen molar-refractivity contribution < 1.29 is 4.79 Å². The summed E-state index contributed by atoms with van der Waals surface area (Å²) in [6.07, 6.45) is 2.54. The Morgan fingerprint density at radius 3 is 2.67 bits per heavy atom. The minimum atomic E-state index is -0.397. The summed E-state index contributed by atoms with van der Waals surface area (Å²) in [5.74, 6) is -0.397. The number of nitriles is 1. The Bertz CT molecular complexity index is 711. The van der Waals surface area contributed by atoms with Crippen molar-refractivity contribution in [2.24, 2.45) is 0 Å². The SMILES string of the molecule is CCc1ccc(NC(=O)/C(C#N)=C/c2cc(Br)cs2)cc1. The van der Waals surface area contributed by atoms with Crippen molar-refractivity contribution in [1.29, 1.82) is 5.26 Å². The summed E-state index contributed by atoms with van der Waals surface area (Å²) in [6, 6.07) is 11.4. The standard InChI is InChI=1S/C16H13BrN2OS/c1-2-11-3-5-14(6-4-11)19-16(20)12(9-18)7-15-8-13(17)10-21-15/h3-8,10H,2H2,1H3,(H,19,20)/b12-7+. The Kier molecular flexibility index (Phi) is 5.32. The Morgan fingerprint density at radius 1 is 1.43 bits per heavy atom. The first kappa shape index (κ1) is 15.5. The molecular weight excluding hydrogens is 348 g/mol. The van der Waals surface area contributed by atoms with Crippen molar-refractivity contribution in [2.45, 2.75) is 13.3 Å². The number of rotatable bonds is 4. The quantitative estimate of drug-likeness (QED) is 0.638. The monoisotopic (exact) mass is 360 g/mol. The van der Waals surface area contributed by atoms with Crippen LogP contribution in [0, 0.1) is 11.3 Å². The normalized spacial score (nSPS) is 11.0. The predicted octanol–water partition coefficient (Wildman–Crippen LogP) is 4.62. The highest BCUT2D eigenvalue weighted by Crippen LogP contribution is 2.22. The van der Waals surface area contributed by atoms with Crippen LogP contribution in [0.25, 0.3) is 6.08 Å². The molecule has 1 amide bonds. The highest BCUT2D eigenvalue weighted by molar-refractivity contribution is 9.10. The van der Waals surface area contributed by atoms with Gasteiger partial charge >= 0.3 is 0 Å². The third-order valence-electron chi connectivity index (χ3n) is 2.86. The van der Waals surface area contributed by atoms with Crippen LogP contribution in [0.4, 0.5) is 5.69 Å². The van der Waals surface area contributed by atoms with Crippen molar-refractivity contribution in [3.8, 4) is 6.07 Å². The molecule has 0 unspecified atom stereocenters. The van der Waals surface area contributed by atoms with Crippen molar-refractivity contribution >= 4 is 44.9 Å². The van der Waals surface area contributed by atoms with Gasteiger partial charge in [0, 0.05) is 20.4 Å². The van der Waals surface area contributed by atoms with Gasteiger partial charge in [0.2, 0.25) is 0 Å². The van der Waals surface area contributed by atoms with Gasteiger partial charge in [-0.3, -0.25) is 4.79 Å². The van der Waals surface area contributed by atoms with E-state index in [1.165, 1.54) is 16.9 Å². The summed E-state index contributed by atoms with van der Waals surface area (Å²) in [7, 11) is 0. The highest BCUT2D eigenvalue weighted by atomic mass is 79.9. The van der Waals surface area contributed by atoms with Gasteiger partial charge in [-0.1, -0.05) is 19.1 Å². The number of hydrogen-bond acceptors (Lipinski definition) is 3. The van der Waals surface area contributed by atoms with Crippen molar-refractivity contribution in [3.63, 3.8) is 0 Å². The Labute approximate surface area is 136 Å². The second-order valence-electron chi connectivity index (χ2n) is 4.34. The lowest BCUT2D eigenvalue weighted by Crippen LogP contribution is -2.13. The van der Waals surface area contributed by atoms with E-state index in [-0.39, 0.29) is 5.57 Å². The zero-order valence-corrected chi connectivity index (χ0v) is 13.8. The average Bonchev–Trinajstić information content (AvgIpc) is 2.90. The Morgan fingerprint density at radius 2 is 2.14 bits per heavy atom. The fraction of sp³-hybridized carbons (Fsp3) is 0.125. The van der Waals surface area contributed by atoms with E-state index in [1.807, 2.05) is 41.8 Å². The second-order valence-corrected chi connectivity index (χ2v) is 6.20. The van der Waals surface area contributed by atoms with E-state index >= 15 is 0 Å². The largest absolute Gasteiger partial charge is 0.321 e. The van der Waals surface area contributed by atoms with Crippen LogP contribution in [0.15, 0.2) is 45.8 Å². The number of carbonyl (C=O) groups excluding carboxylic acids is 1. The molecule has 0 aliphatic rings. The Hall–Kier alpha value is -1.90. The van der Waals surface area contributed by atoms with Gasteiger partial charge < -0.3 is 5.32 Å². The van der Waals surface area contributed by atoms with Crippen LogP contribution >= 0.6 is 27.3 Å². The molecule has 1 aromatic carbocycles. The maximum atomic E-state index is 12.1. The molecule has 2 rings (SSSR count). The molecule has 3 nitrogen and oxygen atoms in total. The summed E-state index contributed by atoms with van der Waals surface area (Å²) in [5.41, 5.74) is 1.97. The number of anilines is 1. The maximum Gasteiger partial charge on any atom is 0.266 e. The molecule has 0 fully saturated rings. The molecule has 1 heterocycles. The molecular formula is C16H13BrN2OS. The number of hydrogen-bond donors (Lipinski definition) is 1. The number of amides is 1. The first-order chi connectivity index (χ1) is 10.1. The number of thiophene rings is 1. The summed E-state index contributed by atoms with van der Waals surface area (Å²) >= 11 is 4.81. The molecule has 1 N–H and O–H groups in total. The van der Waals surface area contributed by atoms with E-state index in [0.29, 0.717) is 5.69 Å². The number of nitrogens with one attached hydrogen (secondary N) is 1. The van der Waals surface area contributed by atoms with Crippen LogP contribution in [-0.2, 0) is 11.2 Å². The number of carbonyl (C=O) groups is 1. The molecule has 106 valence electrons.